The van der Waals surface area contributed by atoms with E-state index < -0.39 is 10.0 Å². The number of fused-ring (bicyclic) bond motifs is 1. The topological polar surface area (TPSA) is 70.8 Å². The zero-order valence-electron chi connectivity index (χ0n) is 15.3. The van der Waals surface area contributed by atoms with Crippen molar-refractivity contribution in [1.29, 1.82) is 0 Å². The van der Waals surface area contributed by atoms with Gasteiger partial charge in [0.1, 0.15) is 10.5 Å². The molecule has 0 amide bonds. The van der Waals surface area contributed by atoms with Crippen molar-refractivity contribution in [2.45, 2.75) is 15.7 Å². The number of pyridine rings is 2. The fourth-order valence-corrected chi connectivity index (χ4v) is 5.28. The lowest BCUT2D eigenvalue weighted by atomic mass is 10.4. The van der Waals surface area contributed by atoms with E-state index in [1.807, 2.05) is 36.0 Å². The maximum atomic E-state index is 12.7. The van der Waals surface area contributed by atoms with Gasteiger partial charge in [-0.15, -0.1) is 0 Å². The minimum Gasteiger partial charge on any atom is -0.305 e. The first-order valence-corrected chi connectivity index (χ1v) is 11.6. The van der Waals surface area contributed by atoms with Gasteiger partial charge in [-0.3, -0.25) is 0 Å². The largest absolute Gasteiger partial charge is 0.305 e. The number of thioether (sulfide) groups is 1. The van der Waals surface area contributed by atoms with Gasteiger partial charge in [0.05, 0.1) is 15.7 Å². The van der Waals surface area contributed by atoms with Crippen LogP contribution < -0.4 is 0 Å². The Bertz CT molecular complexity index is 1080. The van der Waals surface area contributed by atoms with E-state index in [1.54, 1.807) is 12.1 Å². The molecule has 1 aliphatic rings. The van der Waals surface area contributed by atoms with E-state index in [1.165, 1.54) is 22.3 Å². The number of piperazine rings is 1. The first-order chi connectivity index (χ1) is 13.4. The number of likely N-dealkylation sites (N-methyl/N-ethyl adjacent to an activating group) is 1. The summed E-state index contributed by atoms with van der Waals surface area (Å²) in [5.74, 6) is 0.636. The van der Waals surface area contributed by atoms with Crippen molar-refractivity contribution in [1.82, 2.24) is 23.6 Å². The third kappa shape index (κ3) is 4.18. The molecule has 10 heteroatoms. The molecule has 0 aliphatic carbocycles. The van der Waals surface area contributed by atoms with Crippen LogP contribution in [0.1, 0.15) is 5.69 Å². The fourth-order valence-electron chi connectivity index (χ4n) is 3.02. The maximum Gasteiger partial charge on any atom is 0.244 e. The van der Waals surface area contributed by atoms with E-state index in [9.17, 15) is 8.42 Å². The molecule has 0 saturated carbocycles. The number of imidazole rings is 1. The highest BCUT2D eigenvalue weighted by atomic mass is 35.5. The lowest BCUT2D eigenvalue weighted by Crippen LogP contribution is -2.47. The van der Waals surface area contributed by atoms with Crippen LogP contribution in [-0.4, -0.2) is 65.2 Å². The molecule has 0 aromatic carbocycles. The molecule has 1 saturated heterocycles. The van der Waals surface area contributed by atoms with Gasteiger partial charge in [0.25, 0.3) is 0 Å². The Balaban J connectivity index is 1.42. The first-order valence-electron chi connectivity index (χ1n) is 8.82. The van der Waals surface area contributed by atoms with Crippen LogP contribution >= 0.6 is 23.4 Å². The molecular formula is C18H20ClN5O2S2. The number of halogens is 1. The van der Waals surface area contributed by atoms with E-state index in [4.69, 9.17) is 11.6 Å². The second-order valence-corrected chi connectivity index (χ2v) is 10.0. The molecule has 0 unspecified atom stereocenters. The number of rotatable bonds is 5. The van der Waals surface area contributed by atoms with Gasteiger partial charge in [-0.1, -0.05) is 23.4 Å². The summed E-state index contributed by atoms with van der Waals surface area (Å²) in [4.78, 5) is 11.2. The highest BCUT2D eigenvalue weighted by Gasteiger charge is 2.27. The Hall–Kier alpha value is -1.65. The summed E-state index contributed by atoms with van der Waals surface area (Å²) in [6, 6.07) is 7.06. The number of nitrogens with zero attached hydrogens (tertiary/aromatic N) is 5. The summed E-state index contributed by atoms with van der Waals surface area (Å²) in [6.07, 6.45) is 5.19. The third-order valence-corrected chi connectivity index (χ3v) is 7.73. The van der Waals surface area contributed by atoms with E-state index in [0.29, 0.717) is 23.9 Å². The Morgan fingerprint density at radius 2 is 1.89 bits per heavy atom. The quantitative estimate of drug-likeness (QED) is 0.571. The highest BCUT2D eigenvalue weighted by molar-refractivity contribution is 7.98. The van der Waals surface area contributed by atoms with Gasteiger partial charge < -0.3 is 9.30 Å². The lowest BCUT2D eigenvalue weighted by molar-refractivity contribution is 0.222. The molecule has 0 N–H and O–H groups in total. The number of hydrogen-bond acceptors (Lipinski definition) is 6. The van der Waals surface area contributed by atoms with Crippen LogP contribution in [0.25, 0.3) is 5.65 Å². The van der Waals surface area contributed by atoms with Crippen LogP contribution in [0.15, 0.2) is 52.8 Å². The van der Waals surface area contributed by atoms with Crippen LogP contribution in [0, 0.1) is 0 Å². The highest BCUT2D eigenvalue weighted by Crippen LogP contribution is 2.24. The molecule has 7 nitrogen and oxygen atoms in total. The summed E-state index contributed by atoms with van der Waals surface area (Å²) >= 11 is 7.51. The Labute approximate surface area is 173 Å². The molecule has 3 aromatic rings. The Morgan fingerprint density at radius 3 is 2.61 bits per heavy atom. The van der Waals surface area contributed by atoms with Crippen molar-refractivity contribution in [3.8, 4) is 0 Å². The summed E-state index contributed by atoms with van der Waals surface area (Å²) in [7, 11) is -1.49. The number of hydrogen-bond donors (Lipinski definition) is 0. The van der Waals surface area contributed by atoms with E-state index in [2.05, 4.69) is 14.9 Å². The van der Waals surface area contributed by atoms with Crippen molar-refractivity contribution in [2.75, 3.05) is 33.2 Å². The molecule has 3 aromatic heterocycles. The van der Waals surface area contributed by atoms with Crippen molar-refractivity contribution in [2.24, 2.45) is 0 Å². The maximum absolute atomic E-state index is 12.7. The molecule has 4 rings (SSSR count). The predicted molar refractivity (Wildman–Crippen MR) is 110 cm³/mol. The SMILES string of the molecule is CN1CCN(S(=O)(=O)c2ccc(SCc3cn4cc(Cl)ccc4n3)nc2)CC1. The lowest BCUT2D eigenvalue weighted by Gasteiger charge is -2.31. The number of aromatic nitrogens is 3. The van der Waals surface area contributed by atoms with Gasteiger partial charge in [-0.25, -0.2) is 18.4 Å². The van der Waals surface area contributed by atoms with Crippen LogP contribution in [0.4, 0.5) is 0 Å². The molecule has 148 valence electrons. The molecular weight excluding hydrogens is 418 g/mol. The van der Waals surface area contributed by atoms with Crippen LogP contribution in [0.3, 0.4) is 0 Å². The average molecular weight is 438 g/mol. The first kappa shape index (κ1) is 19.7. The van der Waals surface area contributed by atoms with E-state index >= 15 is 0 Å². The minimum atomic E-state index is -3.48. The summed E-state index contributed by atoms with van der Waals surface area (Å²) in [5.41, 5.74) is 1.74. The van der Waals surface area contributed by atoms with Gasteiger partial charge in [0.2, 0.25) is 10.0 Å². The third-order valence-electron chi connectivity index (χ3n) is 4.64. The van der Waals surface area contributed by atoms with Gasteiger partial charge in [-0.05, 0) is 31.3 Å². The van der Waals surface area contributed by atoms with E-state index in [-0.39, 0.29) is 4.90 Å². The molecule has 28 heavy (non-hydrogen) atoms. The molecule has 4 heterocycles. The summed E-state index contributed by atoms with van der Waals surface area (Å²) < 4.78 is 28.9. The van der Waals surface area contributed by atoms with E-state index in [0.717, 1.165) is 29.5 Å². The second kappa shape index (κ2) is 8.00. The monoisotopic (exact) mass is 437 g/mol. The second-order valence-electron chi connectivity index (χ2n) is 6.67. The predicted octanol–water partition coefficient (Wildman–Crippen LogP) is 2.61. The summed E-state index contributed by atoms with van der Waals surface area (Å²) in [5, 5.41) is 1.41. The van der Waals surface area contributed by atoms with Crippen molar-refractivity contribution < 1.29 is 8.42 Å². The zero-order chi connectivity index (χ0) is 19.7. The molecule has 0 radical (unpaired) electrons. The van der Waals surface area contributed by atoms with Gasteiger partial charge in [0.15, 0.2) is 0 Å². The molecule has 0 bridgehead atoms. The normalized spacial score (nSPS) is 16.6. The van der Waals surface area contributed by atoms with Gasteiger partial charge >= 0.3 is 0 Å². The molecule has 1 fully saturated rings. The minimum absolute atomic E-state index is 0.240. The van der Waals surface area contributed by atoms with Crippen LogP contribution in [0.2, 0.25) is 5.02 Å². The average Bonchev–Trinajstić information content (AvgIpc) is 3.09. The molecule has 0 atom stereocenters. The van der Waals surface area contributed by atoms with Crippen molar-refractivity contribution in [3.05, 3.63) is 53.6 Å². The van der Waals surface area contributed by atoms with Gasteiger partial charge in [-0.2, -0.15) is 4.31 Å². The standard InChI is InChI=1S/C18H20ClN5O2S2/c1-22-6-8-24(9-7-22)28(25,26)16-3-5-18(20-10-16)27-13-15-12-23-11-14(19)2-4-17(23)21-15/h2-5,10-12H,6-9,13H2,1H3. The Morgan fingerprint density at radius 1 is 1.11 bits per heavy atom. The van der Waals surface area contributed by atoms with Crippen molar-refractivity contribution in [3.63, 3.8) is 0 Å². The Kier molecular flexibility index (Phi) is 5.62. The van der Waals surface area contributed by atoms with Crippen LogP contribution in [0.5, 0.6) is 0 Å². The zero-order valence-corrected chi connectivity index (χ0v) is 17.7. The summed E-state index contributed by atoms with van der Waals surface area (Å²) in [6.45, 7) is 2.50. The van der Waals surface area contributed by atoms with Gasteiger partial charge in [0, 0.05) is 50.5 Å². The smallest absolute Gasteiger partial charge is 0.244 e. The molecule has 0 spiro atoms. The van der Waals surface area contributed by atoms with Crippen molar-refractivity contribution >= 4 is 39.0 Å². The van der Waals surface area contributed by atoms with Crippen LogP contribution in [-0.2, 0) is 15.8 Å². The molecule has 1 aliphatic heterocycles. The number of sulfonamides is 1. The fraction of sp³-hybridized carbons (Fsp3) is 0.333.